The van der Waals surface area contributed by atoms with E-state index < -0.39 is 5.82 Å². The second-order valence-electron chi connectivity index (χ2n) is 7.22. The first-order valence-electron chi connectivity index (χ1n) is 9.04. The zero-order chi connectivity index (χ0) is 20.6. The molecule has 2 aromatic rings. The minimum Gasteiger partial charge on any atom is -0.454 e. The molecule has 0 atom stereocenters. The Morgan fingerprint density at radius 2 is 1.66 bits per heavy atom. The maximum Gasteiger partial charge on any atom is 0.239 e. The Hall–Kier alpha value is -2.36. The molecule has 0 spiro atoms. The third-order valence-electron chi connectivity index (χ3n) is 3.63. The minimum absolute atomic E-state index is 0. The van der Waals surface area contributed by atoms with E-state index in [0.29, 0.717) is 18.3 Å². The van der Waals surface area contributed by atoms with Gasteiger partial charge in [-0.15, -0.1) is 24.0 Å². The van der Waals surface area contributed by atoms with E-state index in [1.165, 1.54) is 6.07 Å². The molecule has 0 bridgehead atoms. The minimum atomic E-state index is -0.424. The number of hydrogen-bond donors (Lipinski definition) is 3. The third-order valence-corrected chi connectivity index (χ3v) is 3.63. The lowest BCUT2D eigenvalue weighted by atomic mass is 10.1. The van der Waals surface area contributed by atoms with Crippen molar-refractivity contribution in [2.24, 2.45) is 4.99 Å². The quantitative estimate of drug-likeness (QED) is 0.312. The lowest BCUT2D eigenvalue weighted by Crippen LogP contribution is -2.48. The van der Waals surface area contributed by atoms with Crippen molar-refractivity contribution >= 4 is 35.8 Å². The Morgan fingerprint density at radius 3 is 2.28 bits per heavy atom. The fourth-order valence-corrected chi connectivity index (χ4v) is 2.42. The highest BCUT2D eigenvalue weighted by Gasteiger charge is 2.14. The fraction of sp³-hybridized carbons (Fsp3) is 0.333. The van der Waals surface area contributed by atoms with Crippen molar-refractivity contribution in [1.29, 1.82) is 0 Å². The molecule has 8 heteroatoms. The first kappa shape index (κ1) is 24.7. The summed E-state index contributed by atoms with van der Waals surface area (Å²) in [5, 5.41) is 8.97. The highest BCUT2D eigenvalue weighted by molar-refractivity contribution is 14.0. The van der Waals surface area contributed by atoms with Crippen molar-refractivity contribution in [1.82, 2.24) is 16.0 Å². The van der Waals surface area contributed by atoms with Crippen LogP contribution in [0.3, 0.4) is 0 Å². The van der Waals surface area contributed by atoms with Crippen molar-refractivity contribution in [3.05, 3.63) is 59.9 Å². The van der Waals surface area contributed by atoms with Crippen LogP contribution in [0.25, 0.3) is 0 Å². The Balaban J connectivity index is 0.00000420. The number of amides is 1. The van der Waals surface area contributed by atoms with Gasteiger partial charge in [-0.25, -0.2) is 4.39 Å². The first-order valence-corrected chi connectivity index (χ1v) is 9.04. The van der Waals surface area contributed by atoms with Crippen LogP contribution < -0.4 is 20.7 Å². The molecule has 29 heavy (non-hydrogen) atoms. The second kappa shape index (κ2) is 11.6. The third kappa shape index (κ3) is 8.68. The smallest absolute Gasteiger partial charge is 0.239 e. The zero-order valence-corrected chi connectivity index (χ0v) is 19.4. The molecule has 0 aliphatic carbocycles. The van der Waals surface area contributed by atoms with Crippen LogP contribution in [0, 0.1) is 5.82 Å². The van der Waals surface area contributed by atoms with Crippen LogP contribution in [-0.4, -0.2) is 31.0 Å². The van der Waals surface area contributed by atoms with Crippen LogP contribution in [-0.2, 0) is 11.3 Å². The summed E-state index contributed by atoms with van der Waals surface area (Å²) < 4.78 is 19.6. The molecule has 6 nitrogen and oxygen atoms in total. The molecule has 0 saturated carbocycles. The van der Waals surface area contributed by atoms with Crippen molar-refractivity contribution < 1.29 is 13.9 Å². The van der Waals surface area contributed by atoms with Crippen LogP contribution in [0.5, 0.6) is 11.5 Å². The Kier molecular flexibility index (Phi) is 9.87. The molecule has 2 aromatic carbocycles. The number of aliphatic imine (C=N–C) groups is 1. The van der Waals surface area contributed by atoms with Gasteiger partial charge in [-0.2, -0.15) is 0 Å². The largest absolute Gasteiger partial charge is 0.454 e. The summed E-state index contributed by atoms with van der Waals surface area (Å²) >= 11 is 0. The molecular formula is C21H28FIN4O2. The van der Waals surface area contributed by atoms with Gasteiger partial charge in [0, 0.05) is 24.7 Å². The highest BCUT2D eigenvalue weighted by atomic mass is 127. The van der Waals surface area contributed by atoms with Crippen LogP contribution in [0.4, 0.5) is 4.39 Å². The SMILES string of the molecule is CN=C(NCC(=O)NC(C)(C)C)NCc1ccccc1Oc1ccccc1F.I. The summed E-state index contributed by atoms with van der Waals surface area (Å²) in [7, 11) is 1.62. The Morgan fingerprint density at radius 1 is 1.03 bits per heavy atom. The molecule has 0 saturated heterocycles. The molecule has 0 aliphatic heterocycles. The van der Waals surface area contributed by atoms with Gasteiger partial charge in [0.2, 0.25) is 5.91 Å². The van der Waals surface area contributed by atoms with Gasteiger partial charge in [-0.05, 0) is 39.0 Å². The van der Waals surface area contributed by atoms with E-state index in [0.717, 1.165) is 5.56 Å². The highest BCUT2D eigenvalue weighted by Crippen LogP contribution is 2.27. The van der Waals surface area contributed by atoms with E-state index >= 15 is 0 Å². The molecular weight excluding hydrogens is 486 g/mol. The lowest BCUT2D eigenvalue weighted by molar-refractivity contribution is -0.121. The number of carbonyl (C=O) groups excluding carboxylic acids is 1. The van der Waals surface area contributed by atoms with E-state index in [1.54, 1.807) is 31.3 Å². The maximum absolute atomic E-state index is 13.9. The molecule has 0 unspecified atom stereocenters. The molecule has 0 radical (unpaired) electrons. The average Bonchev–Trinajstić information content (AvgIpc) is 2.63. The van der Waals surface area contributed by atoms with Crippen molar-refractivity contribution in [3.63, 3.8) is 0 Å². The van der Waals surface area contributed by atoms with Crippen molar-refractivity contribution in [3.8, 4) is 11.5 Å². The lowest BCUT2D eigenvalue weighted by Gasteiger charge is -2.21. The molecule has 3 N–H and O–H groups in total. The summed E-state index contributed by atoms with van der Waals surface area (Å²) in [6, 6.07) is 13.6. The number of para-hydroxylation sites is 2. The number of carbonyl (C=O) groups is 1. The first-order chi connectivity index (χ1) is 13.3. The van der Waals surface area contributed by atoms with Gasteiger partial charge >= 0.3 is 0 Å². The number of nitrogens with one attached hydrogen (secondary N) is 3. The predicted octanol–water partition coefficient (Wildman–Crippen LogP) is 3.82. The van der Waals surface area contributed by atoms with E-state index in [4.69, 9.17) is 4.74 Å². The van der Waals surface area contributed by atoms with E-state index in [2.05, 4.69) is 20.9 Å². The topological polar surface area (TPSA) is 74.8 Å². The number of rotatable bonds is 6. The normalized spacial score (nSPS) is 11.3. The van der Waals surface area contributed by atoms with Crippen LogP contribution in [0.15, 0.2) is 53.5 Å². The molecule has 0 fully saturated rings. The predicted molar refractivity (Wildman–Crippen MR) is 124 cm³/mol. The average molecular weight is 514 g/mol. The zero-order valence-electron chi connectivity index (χ0n) is 17.1. The van der Waals surface area contributed by atoms with Gasteiger partial charge in [0.1, 0.15) is 5.75 Å². The Bertz CT molecular complexity index is 837. The summed E-state index contributed by atoms with van der Waals surface area (Å²) in [6.45, 7) is 6.26. The van der Waals surface area contributed by atoms with Crippen LogP contribution >= 0.6 is 24.0 Å². The van der Waals surface area contributed by atoms with E-state index in [9.17, 15) is 9.18 Å². The molecule has 158 valence electrons. The van der Waals surface area contributed by atoms with E-state index in [1.807, 2.05) is 39.0 Å². The number of guanidine groups is 1. The molecule has 0 aliphatic rings. The molecule has 2 rings (SSSR count). The monoisotopic (exact) mass is 514 g/mol. The fourth-order valence-electron chi connectivity index (χ4n) is 2.42. The number of benzene rings is 2. The summed E-state index contributed by atoms with van der Waals surface area (Å²) in [6.07, 6.45) is 0. The van der Waals surface area contributed by atoms with Gasteiger partial charge < -0.3 is 20.7 Å². The number of ether oxygens (including phenoxy) is 1. The number of halogens is 2. The van der Waals surface area contributed by atoms with Gasteiger partial charge in [0.15, 0.2) is 17.5 Å². The number of hydrogen-bond acceptors (Lipinski definition) is 3. The molecule has 0 heterocycles. The number of nitrogens with zero attached hydrogens (tertiary/aromatic N) is 1. The van der Waals surface area contributed by atoms with Gasteiger partial charge in [0.25, 0.3) is 0 Å². The van der Waals surface area contributed by atoms with Crippen molar-refractivity contribution in [2.45, 2.75) is 32.9 Å². The van der Waals surface area contributed by atoms with Crippen molar-refractivity contribution in [2.75, 3.05) is 13.6 Å². The summed E-state index contributed by atoms with van der Waals surface area (Å²) in [4.78, 5) is 16.0. The molecule has 0 aromatic heterocycles. The van der Waals surface area contributed by atoms with Gasteiger partial charge in [0.05, 0.1) is 6.54 Å². The Labute approximate surface area is 188 Å². The van der Waals surface area contributed by atoms with Gasteiger partial charge in [-0.1, -0.05) is 30.3 Å². The summed E-state index contributed by atoms with van der Waals surface area (Å²) in [5.41, 5.74) is 0.534. The second-order valence-corrected chi connectivity index (χ2v) is 7.22. The summed E-state index contributed by atoms with van der Waals surface area (Å²) in [5.74, 6) is 0.633. The van der Waals surface area contributed by atoms with E-state index in [-0.39, 0.29) is 47.7 Å². The van der Waals surface area contributed by atoms with Gasteiger partial charge in [-0.3, -0.25) is 9.79 Å². The van der Waals surface area contributed by atoms with Crippen LogP contribution in [0.1, 0.15) is 26.3 Å². The standard InChI is InChI=1S/C21H27FN4O2.HI/c1-21(2,3)26-19(27)14-25-20(23-4)24-13-15-9-5-7-11-17(15)28-18-12-8-6-10-16(18)22;/h5-12H,13-14H2,1-4H3,(H,26,27)(H2,23,24,25);1H. The maximum atomic E-state index is 13.9. The van der Waals surface area contributed by atoms with Crippen LogP contribution in [0.2, 0.25) is 0 Å². The molecule has 1 amide bonds.